The van der Waals surface area contributed by atoms with E-state index in [-0.39, 0.29) is 0 Å². The highest BCUT2D eigenvalue weighted by Gasteiger charge is 1.94. The molecule has 0 aromatic carbocycles. The largest absolute Gasteiger partial charge is 0.307 e. The summed E-state index contributed by atoms with van der Waals surface area (Å²) in [5.74, 6) is 0. The lowest BCUT2D eigenvalue weighted by Crippen LogP contribution is -1.72. The molecule has 0 atom stereocenters. The van der Waals surface area contributed by atoms with E-state index in [1.807, 2.05) is 6.07 Å². The minimum atomic E-state index is 1.06. The molecule has 0 unspecified atom stereocenters. The van der Waals surface area contributed by atoms with Crippen LogP contribution < -0.4 is 0 Å². The van der Waals surface area contributed by atoms with Gasteiger partial charge in [-0.25, -0.2) is 0 Å². The molecule has 0 saturated carbocycles. The molecule has 0 aliphatic rings. The van der Waals surface area contributed by atoms with Gasteiger partial charge >= 0.3 is 0 Å². The molecule has 1 aromatic heterocycles. The molecule has 0 fully saturated rings. The second kappa shape index (κ2) is 3.52. The van der Waals surface area contributed by atoms with Gasteiger partial charge < -0.3 is 5.41 Å². The molecule has 1 nitrogen and oxygen atoms in total. The second-order valence-corrected chi connectivity index (χ2v) is 3.40. The minimum Gasteiger partial charge on any atom is -0.307 e. The maximum atomic E-state index is 6.97. The second-order valence-electron chi connectivity index (χ2n) is 2.20. The molecule has 0 aliphatic carbocycles. The lowest BCUT2D eigenvalue weighted by atomic mass is 10.3. The summed E-state index contributed by atoms with van der Waals surface area (Å²) in [6.07, 6.45) is 3.75. The Balaban J connectivity index is 2.68. The zero-order chi connectivity index (χ0) is 7.40. The van der Waals surface area contributed by atoms with Gasteiger partial charge in [0, 0.05) is 16.0 Å². The molecular weight excluding hydrogens is 142 g/mol. The maximum absolute atomic E-state index is 6.97. The Bertz CT molecular complexity index is 215. The summed E-state index contributed by atoms with van der Waals surface area (Å²) >= 11 is 1.71. The molecule has 1 heterocycles. The molecule has 0 amide bonds. The third kappa shape index (κ3) is 1.67. The Hall–Kier alpha value is -0.630. The van der Waals surface area contributed by atoms with Crippen LogP contribution in [0, 0.1) is 5.41 Å². The summed E-state index contributed by atoms with van der Waals surface area (Å²) in [6.45, 7) is 2.17. The normalized spacial score (nSPS) is 9.70. The van der Waals surface area contributed by atoms with Gasteiger partial charge in [0.1, 0.15) is 0 Å². The van der Waals surface area contributed by atoms with Gasteiger partial charge in [-0.15, -0.1) is 11.3 Å². The van der Waals surface area contributed by atoms with Crippen molar-refractivity contribution < 1.29 is 0 Å². The average Bonchev–Trinajstić information content (AvgIpc) is 2.37. The first-order chi connectivity index (χ1) is 4.86. The molecule has 0 bridgehead atoms. The highest BCUT2D eigenvalue weighted by atomic mass is 32.1. The van der Waals surface area contributed by atoms with E-state index >= 15 is 0 Å². The third-order valence-corrected chi connectivity index (χ3v) is 2.41. The van der Waals surface area contributed by atoms with Crippen LogP contribution in [0.2, 0.25) is 0 Å². The quantitative estimate of drug-likeness (QED) is 0.646. The van der Waals surface area contributed by atoms with Crippen molar-refractivity contribution >= 4 is 17.6 Å². The fraction of sp³-hybridized carbons (Fsp3) is 0.375. The lowest BCUT2D eigenvalue weighted by Gasteiger charge is -1.86. The van der Waals surface area contributed by atoms with Crippen molar-refractivity contribution in [2.75, 3.05) is 0 Å². The summed E-state index contributed by atoms with van der Waals surface area (Å²) in [6, 6.07) is 4.11. The first kappa shape index (κ1) is 7.48. The maximum Gasteiger partial charge on any atom is 0.0448 e. The first-order valence-corrected chi connectivity index (χ1v) is 4.27. The third-order valence-electron chi connectivity index (χ3n) is 1.32. The van der Waals surface area contributed by atoms with E-state index in [4.69, 9.17) is 5.41 Å². The number of nitrogens with one attached hydrogen (secondary N) is 1. The van der Waals surface area contributed by atoms with E-state index in [9.17, 15) is 0 Å². The van der Waals surface area contributed by atoms with Gasteiger partial charge in [0.2, 0.25) is 0 Å². The average molecular weight is 153 g/mol. The van der Waals surface area contributed by atoms with Crippen LogP contribution in [0.4, 0.5) is 0 Å². The molecule has 2 heteroatoms. The Labute approximate surface area is 65.2 Å². The fourth-order valence-electron chi connectivity index (χ4n) is 0.853. The smallest absolute Gasteiger partial charge is 0.0448 e. The van der Waals surface area contributed by atoms with Crippen molar-refractivity contribution in [3.05, 3.63) is 21.9 Å². The van der Waals surface area contributed by atoms with Gasteiger partial charge in [-0.2, -0.15) is 0 Å². The highest BCUT2D eigenvalue weighted by Crippen LogP contribution is 2.15. The van der Waals surface area contributed by atoms with Gasteiger partial charge in [-0.1, -0.05) is 13.3 Å². The van der Waals surface area contributed by atoms with Crippen LogP contribution in [0.25, 0.3) is 0 Å². The summed E-state index contributed by atoms with van der Waals surface area (Å²) in [5, 5.41) is 6.97. The van der Waals surface area contributed by atoms with Crippen molar-refractivity contribution in [2.24, 2.45) is 0 Å². The molecule has 0 radical (unpaired) electrons. The van der Waals surface area contributed by atoms with E-state index < -0.39 is 0 Å². The van der Waals surface area contributed by atoms with Crippen LogP contribution in [0.1, 0.15) is 23.1 Å². The number of hydrogen-bond donors (Lipinski definition) is 1. The van der Waals surface area contributed by atoms with Crippen molar-refractivity contribution in [1.29, 1.82) is 5.41 Å². The van der Waals surface area contributed by atoms with Crippen LogP contribution in [0.5, 0.6) is 0 Å². The Morgan fingerprint density at radius 2 is 2.40 bits per heavy atom. The minimum absolute atomic E-state index is 1.06. The van der Waals surface area contributed by atoms with E-state index in [1.165, 1.54) is 17.5 Å². The molecule has 0 spiro atoms. The van der Waals surface area contributed by atoms with Gasteiger partial charge in [0.25, 0.3) is 0 Å². The van der Waals surface area contributed by atoms with Crippen LogP contribution in [0.15, 0.2) is 12.1 Å². The first-order valence-electron chi connectivity index (χ1n) is 3.46. The highest BCUT2D eigenvalue weighted by molar-refractivity contribution is 7.13. The van der Waals surface area contributed by atoms with Crippen molar-refractivity contribution in [3.8, 4) is 0 Å². The van der Waals surface area contributed by atoms with Crippen molar-refractivity contribution in [3.63, 3.8) is 0 Å². The molecule has 0 saturated heterocycles. The number of rotatable bonds is 3. The van der Waals surface area contributed by atoms with Crippen molar-refractivity contribution in [1.82, 2.24) is 0 Å². The van der Waals surface area contributed by atoms with Crippen LogP contribution in [-0.2, 0) is 6.42 Å². The SMILES string of the molecule is CCCc1ccc(C=N)s1. The van der Waals surface area contributed by atoms with Gasteiger partial charge in [0.15, 0.2) is 0 Å². The predicted molar refractivity (Wildman–Crippen MR) is 46.2 cm³/mol. The number of thiophene rings is 1. The fourth-order valence-corrected chi connectivity index (χ4v) is 1.79. The Morgan fingerprint density at radius 1 is 1.60 bits per heavy atom. The number of hydrogen-bond acceptors (Lipinski definition) is 2. The molecule has 54 valence electrons. The molecule has 1 rings (SSSR count). The van der Waals surface area contributed by atoms with E-state index in [2.05, 4.69) is 13.0 Å². The standard InChI is InChI=1S/C8H11NS/c1-2-3-7-4-5-8(6-9)10-7/h4-6,9H,2-3H2,1H3. The molecule has 1 N–H and O–H groups in total. The molecule has 0 aliphatic heterocycles. The van der Waals surface area contributed by atoms with Gasteiger partial charge in [-0.3, -0.25) is 0 Å². The summed E-state index contributed by atoms with van der Waals surface area (Å²) in [7, 11) is 0. The molecule has 10 heavy (non-hydrogen) atoms. The predicted octanol–water partition coefficient (Wildman–Crippen LogP) is 2.70. The summed E-state index contributed by atoms with van der Waals surface area (Å²) in [5.41, 5.74) is 0. The Kier molecular flexibility index (Phi) is 2.63. The van der Waals surface area contributed by atoms with Crippen LogP contribution >= 0.6 is 11.3 Å². The lowest BCUT2D eigenvalue weighted by molar-refractivity contribution is 0.940. The van der Waals surface area contributed by atoms with E-state index in [0.29, 0.717) is 0 Å². The zero-order valence-electron chi connectivity index (χ0n) is 6.05. The molecule has 1 aromatic rings. The number of aryl methyl sites for hydroxylation is 1. The van der Waals surface area contributed by atoms with Gasteiger partial charge in [0.05, 0.1) is 0 Å². The van der Waals surface area contributed by atoms with Gasteiger partial charge in [-0.05, 0) is 18.6 Å². The van der Waals surface area contributed by atoms with E-state index in [1.54, 1.807) is 11.3 Å². The van der Waals surface area contributed by atoms with Crippen molar-refractivity contribution in [2.45, 2.75) is 19.8 Å². The summed E-state index contributed by atoms with van der Waals surface area (Å²) < 4.78 is 0. The van der Waals surface area contributed by atoms with Crippen LogP contribution in [0.3, 0.4) is 0 Å². The summed E-state index contributed by atoms with van der Waals surface area (Å²) in [4.78, 5) is 2.45. The monoisotopic (exact) mass is 153 g/mol. The van der Waals surface area contributed by atoms with E-state index in [0.717, 1.165) is 11.3 Å². The zero-order valence-corrected chi connectivity index (χ0v) is 6.87. The van der Waals surface area contributed by atoms with Crippen LogP contribution in [-0.4, -0.2) is 6.21 Å². The topological polar surface area (TPSA) is 23.9 Å². The molecular formula is C8H11NS. The Morgan fingerprint density at radius 3 is 2.90 bits per heavy atom.